The van der Waals surface area contributed by atoms with Crippen molar-refractivity contribution in [2.75, 3.05) is 13.1 Å². The van der Waals surface area contributed by atoms with Crippen molar-refractivity contribution in [2.45, 2.75) is 32.7 Å². The van der Waals surface area contributed by atoms with Gasteiger partial charge in [-0.3, -0.25) is 0 Å². The summed E-state index contributed by atoms with van der Waals surface area (Å²) in [5, 5.41) is 9.75. The first-order valence-corrected chi connectivity index (χ1v) is 5.88. The molecule has 2 nitrogen and oxygen atoms in total. The molecule has 15 heavy (non-hydrogen) atoms. The minimum absolute atomic E-state index is 0.457. The first-order valence-electron chi connectivity index (χ1n) is 5.88. The molecule has 2 N–H and O–H groups in total. The van der Waals surface area contributed by atoms with Crippen LogP contribution in [0.15, 0.2) is 18.2 Å². The fourth-order valence-electron chi connectivity index (χ4n) is 2.35. The Labute approximate surface area is 91.5 Å². The Kier molecular flexibility index (Phi) is 3.27. The third-order valence-electron chi connectivity index (χ3n) is 3.24. The Balaban J connectivity index is 2.05. The average molecular weight is 206 g/mol. The highest BCUT2D eigenvalue weighted by Crippen LogP contribution is 2.17. The van der Waals surface area contributed by atoms with Gasteiger partial charge in [0.05, 0.1) is 13.1 Å². The molecule has 0 radical (unpaired) electrons. The van der Waals surface area contributed by atoms with E-state index in [0.29, 0.717) is 5.75 Å². The van der Waals surface area contributed by atoms with Crippen molar-refractivity contribution in [3.63, 3.8) is 0 Å². The highest BCUT2D eigenvalue weighted by atomic mass is 16.3. The van der Waals surface area contributed by atoms with Gasteiger partial charge < -0.3 is 10.0 Å². The minimum atomic E-state index is 0.457. The van der Waals surface area contributed by atoms with E-state index in [1.54, 1.807) is 4.90 Å². The molecule has 0 atom stereocenters. The van der Waals surface area contributed by atoms with Crippen LogP contribution in [-0.2, 0) is 6.54 Å². The van der Waals surface area contributed by atoms with Crippen LogP contribution in [0.1, 0.15) is 30.4 Å². The van der Waals surface area contributed by atoms with E-state index in [4.69, 9.17) is 0 Å². The van der Waals surface area contributed by atoms with Gasteiger partial charge >= 0.3 is 0 Å². The number of hydrogen-bond acceptors (Lipinski definition) is 1. The van der Waals surface area contributed by atoms with Crippen molar-refractivity contribution in [2.24, 2.45) is 0 Å². The number of likely N-dealkylation sites (tertiary alicyclic amines) is 1. The molecular weight excluding hydrogens is 186 g/mol. The van der Waals surface area contributed by atoms with Crippen LogP contribution in [0.2, 0.25) is 0 Å². The molecule has 1 saturated heterocycles. The molecule has 0 amide bonds. The van der Waals surface area contributed by atoms with Crippen LogP contribution < -0.4 is 4.90 Å². The summed E-state index contributed by atoms with van der Waals surface area (Å²) >= 11 is 0. The molecule has 0 saturated carbocycles. The first kappa shape index (κ1) is 10.5. The van der Waals surface area contributed by atoms with Gasteiger partial charge in [-0.15, -0.1) is 0 Å². The molecule has 2 rings (SSSR count). The quantitative estimate of drug-likeness (QED) is 0.748. The number of hydrogen-bond donors (Lipinski definition) is 2. The molecule has 0 aromatic heterocycles. The van der Waals surface area contributed by atoms with Gasteiger partial charge in [0.1, 0.15) is 12.3 Å². The molecule has 2 heteroatoms. The zero-order chi connectivity index (χ0) is 10.7. The highest BCUT2D eigenvalue weighted by Gasteiger charge is 2.15. The highest BCUT2D eigenvalue weighted by molar-refractivity contribution is 5.34. The SMILES string of the molecule is Cc1ccc(O)c(C[NH+]2CCCCC2)c1. The van der Waals surface area contributed by atoms with E-state index in [0.717, 1.165) is 12.1 Å². The van der Waals surface area contributed by atoms with Crippen LogP contribution in [0.5, 0.6) is 5.75 Å². The third-order valence-corrected chi connectivity index (χ3v) is 3.24. The Bertz CT molecular complexity index is 329. The summed E-state index contributed by atoms with van der Waals surface area (Å²) in [5.41, 5.74) is 2.34. The first-order chi connectivity index (χ1) is 7.25. The molecule has 1 aliphatic heterocycles. The van der Waals surface area contributed by atoms with Gasteiger partial charge in [-0.2, -0.15) is 0 Å². The van der Waals surface area contributed by atoms with Crippen LogP contribution in [0.4, 0.5) is 0 Å². The summed E-state index contributed by atoms with van der Waals surface area (Å²) in [6.07, 6.45) is 4.05. The Morgan fingerprint density at radius 3 is 2.67 bits per heavy atom. The van der Waals surface area contributed by atoms with Crippen molar-refractivity contribution < 1.29 is 10.0 Å². The number of rotatable bonds is 2. The topological polar surface area (TPSA) is 24.7 Å². The number of phenolic OH excluding ortho intramolecular Hbond substituents is 1. The fourth-order valence-corrected chi connectivity index (χ4v) is 2.35. The maximum absolute atomic E-state index is 9.75. The van der Waals surface area contributed by atoms with E-state index in [-0.39, 0.29) is 0 Å². The second kappa shape index (κ2) is 4.67. The van der Waals surface area contributed by atoms with Crippen LogP contribution in [0.3, 0.4) is 0 Å². The van der Waals surface area contributed by atoms with Crippen molar-refractivity contribution >= 4 is 0 Å². The van der Waals surface area contributed by atoms with Crippen molar-refractivity contribution in [1.82, 2.24) is 0 Å². The van der Waals surface area contributed by atoms with Gasteiger partial charge in [0.2, 0.25) is 0 Å². The molecule has 1 fully saturated rings. The molecular formula is C13H20NO+. The standard InChI is InChI=1S/C13H19NO/c1-11-5-6-13(15)12(9-11)10-14-7-3-2-4-8-14/h5-6,9,15H,2-4,7-8,10H2,1H3/p+1. The lowest BCUT2D eigenvalue weighted by molar-refractivity contribution is -0.918. The van der Waals surface area contributed by atoms with Gasteiger partial charge in [0.15, 0.2) is 0 Å². The maximum atomic E-state index is 9.75. The van der Waals surface area contributed by atoms with Crippen LogP contribution in [0, 0.1) is 6.92 Å². The summed E-state index contributed by atoms with van der Waals surface area (Å²) < 4.78 is 0. The normalized spacial score (nSPS) is 17.9. The summed E-state index contributed by atoms with van der Waals surface area (Å²) in [4.78, 5) is 1.61. The van der Waals surface area contributed by atoms with Crippen LogP contribution in [0.25, 0.3) is 0 Å². The summed E-state index contributed by atoms with van der Waals surface area (Å²) in [5.74, 6) is 0.457. The molecule has 1 heterocycles. The van der Waals surface area contributed by atoms with E-state index >= 15 is 0 Å². The third kappa shape index (κ3) is 2.72. The largest absolute Gasteiger partial charge is 0.507 e. The lowest BCUT2D eigenvalue weighted by atomic mass is 10.1. The molecule has 0 spiro atoms. The number of aryl methyl sites for hydroxylation is 1. The fraction of sp³-hybridized carbons (Fsp3) is 0.538. The number of phenols is 1. The average Bonchev–Trinajstić information content (AvgIpc) is 2.25. The number of quaternary nitrogens is 1. The van der Waals surface area contributed by atoms with E-state index < -0.39 is 0 Å². The summed E-state index contributed by atoms with van der Waals surface area (Å²) in [6.45, 7) is 5.57. The zero-order valence-electron chi connectivity index (χ0n) is 9.42. The molecule has 0 aliphatic carbocycles. The van der Waals surface area contributed by atoms with Crippen molar-refractivity contribution in [1.29, 1.82) is 0 Å². The van der Waals surface area contributed by atoms with Gasteiger partial charge in [0.25, 0.3) is 0 Å². The molecule has 1 aromatic carbocycles. The number of piperidine rings is 1. The lowest BCUT2D eigenvalue weighted by Crippen LogP contribution is -3.11. The monoisotopic (exact) mass is 206 g/mol. The Hall–Kier alpha value is -1.02. The van der Waals surface area contributed by atoms with Crippen LogP contribution in [-0.4, -0.2) is 18.2 Å². The van der Waals surface area contributed by atoms with Crippen LogP contribution >= 0.6 is 0 Å². The smallest absolute Gasteiger partial charge is 0.124 e. The van der Waals surface area contributed by atoms with Gasteiger partial charge in [-0.25, -0.2) is 0 Å². The van der Waals surface area contributed by atoms with E-state index in [9.17, 15) is 5.11 Å². The zero-order valence-corrected chi connectivity index (χ0v) is 9.42. The predicted octanol–water partition coefficient (Wildman–Crippen LogP) is 1.27. The molecule has 0 bridgehead atoms. The van der Waals surface area contributed by atoms with E-state index in [1.165, 1.54) is 37.9 Å². The Morgan fingerprint density at radius 2 is 1.93 bits per heavy atom. The second-order valence-electron chi connectivity index (χ2n) is 4.62. The molecule has 1 aromatic rings. The number of aromatic hydroxyl groups is 1. The van der Waals surface area contributed by atoms with Crippen molar-refractivity contribution in [3.8, 4) is 5.75 Å². The van der Waals surface area contributed by atoms with E-state index in [2.05, 4.69) is 13.0 Å². The van der Waals surface area contributed by atoms with Gasteiger partial charge in [0, 0.05) is 5.56 Å². The summed E-state index contributed by atoms with van der Waals surface area (Å²) in [6, 6.07) is 5.88. The van der Waals surface area contributed by atoms with Gasteiger partial charge in [-0.1, -0.05) is 11.6 Å². The van der Waals surface area contributed by atoms with Gasteiger partial charge in [-0.05, 0) is 38.3 Å². The lowest BCUT2D eigenvalue weighted by Gasteiger charge is -2.23. The number of benzene rings is 1. The predicted molar refractivity (Wildman–Crippen MR) is 61.1 cm³/mol. The maximum Gasteiger partial charge on any atom is 0.124 e. The molecule has 0 unspecified atom stereocenters. The second-order valence-corrected chi connectivity index (χ2v) is 4.62. The summed E-state index contributed by atoms with van der Waals surface area (Å²) in [7, 11) is 0. The van der Waals surface area contributed by atoms with Crippen molar-refractivity contribution in [3.05, 3.63) is 29.3 Å². The number of nitrogens with one attached hydrogen (secondary N) is 1. The molecule has 1 aliphatic rings. The Morgan fingerprint density at radius 1 is 1.20 bits per heavy atom. The molecule has 82 valence electrons. The minimum Gasteiger partial charge on any atom is -0.507 e. The van der Waals surface area contributed by atoms with E-state index in [1.807, 2.05) is 12.1 Å².